The van der Waals surface area contributed by atoms with E-state index in [0.29, 0.717) is 6.42 Å². The molecule has 1 aromatic carbocycles. The summed E-state index contributed by atoms with van der Waals surface area (Å²) in [6, 6.07) is 2.85. The molecule has 0 saturated heterocycles. The van der Waals surface area contributed by atoms with E-state index in [2.05, 4.69) is 4.72 Å². The monoisotopic (exact) mass is 288 g/mol. The van der Waals surface area contributed by atoms with E-state index in [0.717, 1.165) is 12.1 Å². The fourth-order valence-electron chi connectivity index (χ4n) is 1.47. The summed E-state index contributed by atoms with van der Waals surface area (Å²) in [5.41, 5.74) is 5.26. The molecule has 106 valence electrons. The van der Waals surface area contributed by atoms with E-state index in [1.807, 2.05) is 0 Å². The maximum Gasteiger partial charge on any atom is 0.337 e. The van der Waals surface area contributed by atoms with Crippen molar-refractivity contribution in [3.63, 3.8) is 0 Å². The summed E-state index contributed by atoms with van der Waals surface area (Å²) in [5.74, 6) is -1.36. The number of rotatable bonds is 6. The Balaban J connectivity index is 3.27. The molecule has 0 amide bonds. The second-order valence-electron chi connectivity index (χ2n) is 3.97. The van der Waals surface area contributed by atoms with Crippen molar-refractivity contribution in [1.82, 2.24) is 4.72 Å². The Kier molecular flexibility index (Phi) is 4.87. The predicted octanol–water partition coefficient (Wildman–Crippen LogP) is 0.0162. The second-order valence-corrected chi connectivity index (χ2v) is 5.65. The molecule has 5 N–H and O–H groups in total. The second kappa shape index (κ2) is 6.00. The van der Waals surface area contributed by atoms with Crippen LogP contribution in [0.25, 0.3) is 0 Å². The van der Waals surface area contributed by atoms with Gasteiger partial charge >= 0.3 is 5.97 Å². The van der Waals surface area contributed by atoms with Crippen molar-refractivity contribution < 1.29 is 23.4 Å². The number of nitrogen functional groups attached to an aromatic ring is 1. The summed E-state index contributed by atoms with van der Waals surface area (Å²) in [6.45, 7) is 1.32. The van der Waals surface area contributed by atoms with Gasteiger partial charge in [0.25, 0.3) is 0 Å². The number of hydrogen-bond acceptors (Lipinski definition) is 5. The molecular formula is C11H16N2O5S. The van der Waals surface area contributed by atoms with Gasteiger partial charge < -0.3 is 15.9 Å². The van der Waals surface area contributed by atoms with Gasteiger partial charge in [-0.05, 0) is 24.6 Å². The molecule has 8 heteroatoms. The minimum Gasteiger partial charge on any atom is -0.478 e. The molecule has 0 aromatic heterocycles. The van der Waals surface area contributed by atoms with E-state index < -0.39 is 26.9 Å². The Bertz CT molecular complexity index is 566. The van der Waals surface area contributed by atoms with Crippen LogP contribution < -0.4 is 10.5 Å². The fourth-order valence-corrected chi connectivity index (χ4v) is 3.01. The van der Waals surface area contributed by atoms with Crippen LogP contribution in [0.1, 0.15) is 23.7 Å². The van der Waals surface area contributed by atoms with Crippen LogP contribution in [-0.4, -0.2) is 37.2 Å². The third kappa shape index (κ3) is 3.66. The molecular weight excluding hydrogens is 272 g/mol. The molecule has 0 bridgehead atoms. The number of carboxylic acid groups (broad SMARTS) is 1. The smallest absolute Gasteiger partial charge is 0.337 e. The van der Waals surface area contributed by atoms with Crippen LogP contribution in [0.2, 0.25) is 0 Å². The molecule has 19 heavy (non-hydrogen) atoms. The zero-order valence-corrected chi connectivity index (χ0v) is 11.1. The summed E-state index contributed by atoms with van der Waals surface area (Å²) in [7, 11) is -4.05. The highest BCUT2D eigenvalue weighted by Crippen LogP contribution is 2.19. The summed E-state index contributed by atoms with van der Waals surface area (Å²) in [4.78, 5) is 10.6. The maximum atomic E-state index is 12.1. The van der Waals surface area contributed by atoms with Gasteiger partial charge in [0, 0.05) is 11.7 Å². The number of nitrogens with two attached hydrogens (primary N) is 1. The number of aromatic carboxylic acids is 1. The Morgan fingerprint density at radius 1 is 1.47 bits per heavy atom. The summed E-state index contributed by atoms with van der Waals surface area (Å²) in [6.07, 6.45) is 0.375. The van der Waals surface area contributed by atoms with Crippen LogP contribution >= 0.6 is 0 Å². The zero-order valence-electron chi connectivity index (χ0n) is 10.3. The number of aliphatic hydroxyl groups excluding tert-OH is 1. The number of benzene rings is 1. The Morgan fingerprint density at radius 3 is 2.58 bits per heavy atom. The average Bonchev–Trinajstić information content (AvgIpc) is 2.35. The van der Waals surface area contributed by atoms with Crippen molar-refractivity contribution in [2.24, 2.45) is 0 Å². The highest BCUT2D eigenvalue weighted by Gasteiger charge is 2.24. The number of hydrogen-bond donors (Lipinski definition) is 4. The molecule has 7 nitrogen and oxygen atoms in total. The zero-order chi connectivity index (χ0) is 14.6. The first-order chi connectivity index (χ1) is 8.81. The Labute approximate surface area is 111 Å². The standard InChI is InChI=1S/C11H16N2O5S/c1-2-8(6-14)13-19(17,18)10-5-7(12)3-4-9(10)11(15)16/h3-5,8,13-14H,2,6,12H2,1H3,(H,15,16)/t8-/m0/s1. The van der Waals surface area contributed by atoms with Gasteiger partial charge in [0.15, 0.2) is 0 Å². The number of sulfonamides is 1. The number of nitrogens with one attached hydrogen (secondary N) is 1. The van der Waals surface area contributed by atoms with E-state index >= 15 is 0 Å². The van der Waals surface area contributed by atoms with Crippen molar-refractivity contribution in [2.45, 2.75) is 24.3 Å². The minimum atomic E-state index is -4.05. The number of carboxylic acids is 1. The van der Waals surface area contributed by atoms with Crippen LogP contribution in [-0.2, 0) is 10.0 Å². The lowest BCUT2D eigenvalue weighted by Gasteiger charge is -2.15. The molecule has 1 rings (SSSR count). The van der Waals surface area contributed by atoms with E-state index in [4.69, 9.17) is 15.9 Å². The fraction of sp³-hybridized carbons (Fsp3) is 0.364. The summed E-state index contributed by atoms with van der Waals surface area (Å²) < 4.78 is 26.4. The number of anilines is 1. The highest BCUT2D eigenvalue weighted by molar-refractivity contribution is 7.89. The number of carbonyl (C=O) groups is 1. The van der Waals surface area contributed by atoms with Gasteiger partial charge in [-0.25, -0.2) is 17.9 Å². The van der Waals surface area contributed by atoms with E-state index in [1.54, 1.807) is 6.92 Å². The van der Waals surface area contributed by atoms with Gasteiger partial charge in [-0.1, -0.05) is 6.92 Å². The van der Waals surface area contributed by atoms with Crippen LogP contribution in [0, 0.1) is 0 Å². The summed E-state index contributed by atoms with van der Waals surface area (Å²) in [5, 5.41) is 18.0. The van der Waals surface area contributed by atoms with Crippen molar-refractivity contribution in [2.75, 3.05) is 12.3 Å². The molecule has 0 aliphatic rings. The van der Waals surface area contributed by atoms with Crippen LogP contribution in [0.15, 0.2) is 23.1 Å². The Hall–Kier alpha value is -1.64. The largest absolute Gasteiger partial charge is 0.478 e. The van der Waals surface area contributed by atoms with Gasteiger partial charge in [-0.2, -0.15) is 0 Å². The van der Waals surface area contributed by atoms with Crippen LogP contribution in [0.4, 0.5) is 5.69 Å². The molecule has 0 unspecified atom stereocenters. The van der Waals surface area contributed by atoms with Crippen LogP contribution in [0.3, 0.4) is 0 Å². The first-order valence-electron chi connectivity index (χ1n) is 5.57. The lowest BCUT2D eigenvalue weighted by atomic mass is 10.2. The third-order valence-corrected chi connectivity index (χ3v) is 4.12. The molecule has 0 fully saturated rings. The van der Waals surface area contributed by atoms with Crippen LogP contribution in [0.5, 0.6) is 0 Å². The third-order valence-electron chi connectivity index (χ3n) is 2.56. The molecule has 0 aliphatic heterocycles. The highest BCUT2D eigenvalue weighted by atomic mass is 32.2. The number of aliphatic hydroxyl groups is 1. The molecule has 0 spiro atoms. The Morgan fingerprint density at radius 2 is 2.11 bits per heavy atom. The SMILES string of the molecule is CC[C@@H](CO)NS(=O)(=O)c1cc(N)ccc1C(=O)O. The van der Waals surface area contributed by atoms with E-state index in [9.17, 15) is 13.2 Å². The molecule has 0 aliphatic carbocycles. The molecule has 0 heterocycles. The van der Waals surface area contributed by atoms with Gasteiger partial charge in [-0.15, -0.1) is 0 Å². The predicted molar refractivity (Wildman–Crippen MR) is 69.3 cm³/mol. The van der Waals surface area contributed by atoms with Crippen molar-refractivity contribution in [3.05, 3.63) is 23.8 Å². The maximum absolute atomic E-state index is 12.1. The van der Waals surface area contributed by atoms with Crippen molar-refractivity contribution in [3.8, 4) is 0 Å². The average molecular weight is 288 g/mol. The molecule has 0 saturated carbocycles. The van der Waals surface area contributed by atoms with Gasteiger partial charge in [0.1, 0.15) is 0 Å². The van der Waals surface area contributed by atoms with Crippen molar-refractivity contribution in [1.29, 1.82) is 0 Å². The summed E-state index contributed by atoms with van der Waals surface area (Å²) >= 11 is 0. The quantitative estimate of drug-likeness (QED) is 0.546. The van der Waals surface area contributed by atoms with Gasteiger partial charge in [0.05, 0.1) is 17.1 Å². The van der Waals surface area contributed by atoms with Gasteiger partial charge in [0.2, 0.25) is 10.0 Å². The normalized spacial score (nSPS) is 13.2. The first kappa shape index (κ1) is 15.4. The van der Waals surface area contributed by atoms with Gasteiger partial charge in [-0.3, -0.25) is 0 Å². The topological polar surface area (TPSA) is 130 Å². The lowest BCUT2D eigenvalue weighted by Crippen LogP contribution is -2.37. The molecule has 1 aromatic rings. The first-order valence-corrected chi connectivity index (χ1v) is 7.06. The van der Waals surface area contributed by atoms with E-state index in [-0.39, 0.29) is 17.9 Å². The molecule has 0 radical (unpaired) electrons. The lowest BCUT2D eigenvalue weighted by molar-refractivity contribution is 0.0692. The van der Waals surface area contributed by atoms with E-state index in [1.165, 1.54) is 6.07 Å². The molecule has 1 atom stereocenters. The van der Waals surface area contributed by atoms with Crippen molar-refractivity contribution >= 4 is 21.7 Å². The minimum absolute atomic E-state index is 0.141.